The van der Waals surface area contributed by atoms with Crippen LogP contribution in [0.3, 0.4) is 0 Å². The predicted octanol–water partition coefficient (Wildman–Crippen LogP) is 3.66. The average molecular weight is 278 g/mol. The summed E-state index contributed by atoms with van der Waals surface area (Å²) >= 11 is 0. The number of halogens is 1. The first-order chi connectivity index (χ1) is 9.51. The molecule has 1 aromatic carbocycles. The van der Waals surface area contributed by atoms with Crippen molar-refractivity contribution in [3.8, 4) is 0 Å². The van der Waals surface area contributed by atoms with E-state index in [-0.39, 0.29) is 17.4 Å². The summed E-state index contributed by atoms with van der Waals surface area (Å²) in [5.41, 5.74) is 2.40. The van der Waals surface area contributed by atoms with E-state index in [1.807, 2.05) is 20.0 Å². The Hall–Kier alpha value is -0.930. The fourth-order valence-corrected chi connectivity index (χ4v) is 3.83. The quantitative estimate of drug-likeness (QED) is 0.904. The summed E-state index contributed by atoms with van der Waals surface area (Å²) in [5, 5.41) is 3.51. The van der Waals surface area contributed by atoms with Crippen molar-refractivity contribution in [2.75, 3.05) is 21.1 Å². The van der Waals surface area contributed by atoms with E-state index in [2.05, 4.69) is 24.3 Å². The zero-order valence-corrected chi connectivity index (χ0v) is 13.2. The molecular weight excluding hydrogens is 251 g/mol. The molecule has 112 valence electrons. The standard InChI is InChI=1S/C17H27FN2/c1-13-12-14(18)8-9-15(13)16(19-2)17(20(3)4)10-6-5-7-11-17/h8-9,12,16,19H,5-7,10-11H2,1-4H3. The van der Waals surface area contributed by atoms with E-state index in [1.165, 1.54) is 37.7 Å². The van der Waals surface area contributed by atoms with E-state index in [0.717, 1.165) is 5.56 Å². The highest BCUT2D eigenvalue weighted by atomic mass is 19.1. The maximum Gasteiger partial charge on any atom is 0.123 e. The van der Waals surface area contributed by atoms with Gasteiger partial charge in [-0.3, -0.25) is 0 Å². The van der Waals surface area contributed by atoms with Crippen LogP contribution >= 0.6 is 0 Å². The summed E-state index contributed by atoms with van der Waals surface area (Å²) in [6.45, 7) is 2.01. The Morgan fingerprint density at radius 2 is 1.85 bits per heavy atom. The molecule has 1 unspecified atom stereocenters. The van der Waals surface area contributed by atoms with Crippen LogP contribution in [0.2, 0.25) is 0 Å². The Morgan fingerprint density at radius 3 is 2.35 bits per heavy atom. The van der Waals surface area contributed by atoms with Gasteiger partial charge in [-0.1, -0.05) is 25.3 Å². The Balaban J connectivity index is 2.42. The molecule has 0 spiro atoms. The first-order valence-electron chi connectivity index (χ1n) is 7.62. The number of likely N-dealkylation sites (N-methyl/N-ethyl adjacent to an activating group) is 2. The van der Waals surface area contributed by atoms with E-state index >= 15 is 0 Å². The van der Waals surface area contributed by atoms with Crippen molar-refractivity contribution in [2.24, 2.45) is 0 Å². The highest BCUT2D eigenvalue weighted by Gasteiger charge is 2.42. The molecular formula is C17H27FN2. The van der Waals surface area contributed by atoms with Gasteiger partial charge in [-0.05, 0) is 64.2 Å². The third kappa shape index (κ3) is 2.75. The van der Waals surface area contributed by atoms with E-state index in [0.29, 0.717) is 0 Å². The molecule has 1 aliphatic rings. The van der Waals surface area contributed by atoms with Crippen molar-refractivity contribution in [2.45, 2.75) is 50.6 Å². The zero-order valence-electron chi connectivity index (χ0n) is 13.2. The third-order valence-electron chi connectivity index (χ3n) is 4.98. The van der Waals surface area contributed by atoms with Gasteiger partial charge < -0.3 is 10.2 Å². The number of hydrogen-bond acceptors (Lipinski definition) is 2. The number of hydrogen-bond donors (Lipinski definition) is 1. The number of aryl methyl sites for hydroxylation is 1. The summed E-state index contributed by atoms with van der Waals surface area (Å²) in [7, 11) is 6.37. The van der Waals surface area contributed by atoms with E-state index < -0.39 is 0 Å². The van der Waals surface area contributed by atoms with Crippen molar-refractivity contribution in [1.29, 1.82) is 0 Å². The van der Waals surface area contributed by atoms with Gasteiger partial charge in [0.1, 0.15) is 5.82 Å². The fraction of sp³-hybridized carbons (Fsp3) is 0.647. The molecule has 0 aromatic heterocycles. The van der Waals surface area contributed by atoms with Crippen LogP contribution in [0, 0.1) is 12.7 Å². The van der Waals surface area contributed by atoms with E-state index in [1.54, 1.807) is 12.1 Å². The van der Waals surface area contributed by atoms with E-state index in [4.69, 9.17) is 0 Å². The zero-order chi connectivity index (χ0) is 14.8. The second-order valence-corrected chi connectivity index (χ2v) is 6.28. The predicted molar refractivity (Wildman–Crippen MR) is 82.4 cm³/mol. The molecule has 3 heteroatoms. The number of nitrogens with one attached hydrogen (secondary N) is 1. The van der Waals surface area contributed by atoms with Crippen molar-refractivity contribution in [3.05, 3.63) is 35.1 Å². The molecule has 20 heavy (non-hydrogen) atoms. The maximum atomic E-state index is 13.4. The summed E-state index contributed by atoms with van der Waals surface area (Å²) < 4.78 is 13.4. The van der Waals surface area contributed by atoms with Crippen LogP contribution in [0.5, 0.6) is 0 Å². The summed E-state index contributed by atoms with van der Waals surface area (Å²) in [6, 6.07) is 5.43. The van der Waals surface area contributed by atoms with Gasteiger partial charge in [-0.25, -0.2) is 4.39 Å². The minimum absolute atomic E-state index is 0.135. The van der Waals surface area contributed by atoms with Crippen molar-refractivity contribution >= 4 is 0 Å². The Labute approximate surface area is 122 Å². The second kappa shape index (κ2) is 6.23. The lowest BCUT2D eigenvalue weighted by Gasteiger charge is -2.49. The van der Waals surface area contributed by atoms with Gasteiger partial charge in [0.25, 0.3) is 0 Å². The molecule has 1 aliphatic carbocycles. The fourth-order valence-electron chi connectivity index (χ4n) is 3.83. The molecule has 1 fully saturated rings. The van der Waals surface area contributed by atoms with Crippen LogP contribution in [-0.2, 0) is 0 Å². The van der Waals surface area contributed by atoms with Gasteiger partial charge in [0.15, 0.2) is 0 Å². The molecule has 2 nitrogen and oxygen atoms in total. The van der Waals surface area contributed by atoms with Crippen LogP contribution in [0.25, 0.3) is 0 Å². The largest absolute Gasteiger partial charge is 0.311 e. The highest BCUT2D eigenvalue weighted by Crippen LogP contribution is 2.42. The number of rotatable bonds is 4. The van der Waals surface area contributed by atoms with Crippen LogP contribution in [-0.4, -0.2) is 31.6 Å². The lowest BCUT2D eigenvalue weighted by Crippen LogP contribution is -2.54. The number of nitrogens with zero attached hydrogens (tertiary/aromatic N) is 1. The molecule has 1 N–H and O–H groups in total. The monoisotopic (exact) mass is 278 g/mol. The molecule has 0 aliphatic heterocycles. The van der Waals surface area contributed by atoms with Crippen LogP contribution in [0.15, 0.2) is 18.2 Å². The Bertz CT molecular complexity index is 450. The smallest absolute Gasteiger partial charge is 0.123 e. The maximum absolute atomic E-state index is 13.4. The minimum atomic E-state index is -0.149. The van der Waals surface area contributed by atoms with Gasteiger partial charge in [-0.2, -0.15) is 0 Å². The van der Waals surface area contributed by atoms with Crippen LogP contribution in [0.1, 0.15) is 49.3 Å². The Morgan fingerprint density at radius 1 is 1.20 bits per heavy atom. The molecule has 0 heterocycles. The minimum Gasteiger partial charge on any atom is -0.311 e. The topological polar surface area (TPSA) is 15.3 Å². The second-order valence-electron chi connectivity index (χ2n) is 6.28. The molecule has 0 radical (unpaired) electrons. The number of benzene rings is 1. The van der Waals surface area contributed by atoms with Gasteiger partial charge >= 0.3 is 0 Å². The van der Waals surface area contributed by atoms with Gasteiger partial charge in [0.2, 0.25) is 0 Å². The molecule has 1 atom stereocenters. The summed E-state index contributed by atoms with van der Waals surface area (Å²) in [4.78, 5) is 2.37. The molecule has 0 bridgehead atoms. The summed E-state index contributed by atoms with van der Waals surface area (Å²) in [5.74, 6) is -0.149. The molecule has 1 saturated carbocycles. The van der Waals surface area contributed by atoms with Crippen LogP contribution in [0.4, 0.5) is 4.39 Å². The normalized spacial score (nSPS) is 20.1. The molecule has 1 aromatic rings. The van der Waals surface area contributed by atoms with Crippen molar-refractivity contribution in [3.63, 3.8) is 0 Å². The van der Waals surface area contributed by atoms with Crippen LogP contribution < -0.4 is 5.32 Å². The van der Waals surface area contributed by atoms with Crippen molar-refractivity contribution < 1.29 is 4.39 Å². The lowest BCUT2D eigenvalue weighted by molar-refractivity contribution is 0.0591. The third-order valence-corrected chi connectivity index (χ3v) is 4.98. The first-order valence-corrected chi connectivity index (χ1v) is 7.62. The average Bonchev–Trinajstić information content (AvgIpc) is 2.43. The lowest BCUT2D eigenvalue weighted by atomic mass is 9.72. The van der Waals surface area contributed by atoms with Gasteiger partial charge in [-0.15, -0.1) is 0 Å². The Kier molecular flexibility index (Phi) is 4.82. The SMILES string of the molecule is CNC(c1ccc(F)cc1C)C1(N(C)C)CCCCC1. The molecule has 2 rings (SSSR count). The van der Waals surface area contributed by atoms with Gasteiger partial charge in [0, 0.05) is 5.54 Å². The summed E-state index contributed by atoms with van der Waals surface area (Å²) in [6.07, 6.45) is 6.27. The van der Waals surface area contributed by atoms with E-state index in [9.17, 15) is 4.39 Å². The molecule has 0 amide bonds. The highest BCUT2D eigenvalue weighted by molar-refractivity contribution is 5.32. The van der Waals surface area contributed by atoms with Gasteiger partial charge in [0.05, 0.1) is 6.04 Å². The molecule has 0 saturated heterocycles. The van der Waals surface area contributed by atoms with Crippen molar-refractivity contribution in [1.82, 2.24) is 10.2 Å². The first kappa shape index (κ1) is 15.5.